The van der Waals surface area contributed by atoms with Crippen LogP contribution in [0.1, 0.15) is 85.3 Å². The predicted molar refractivity (Wildman–Crippen MR) is 114 cm³/mol. The van der Waals surface area contributed by atoms with E-state index in [2.05, 4.69) is 15.5 Å². The Balaban J connectivity index is 1.48. The van der Waals surface area contributed by atoms with Gasteiger partial charge < -0.3 is 14.2 Å². The molecule has 2 bridgehead atoms. The molecule has 0 spiro atoms. The smallest absolute Gasteiger partial charge is 0.420 e. The van der Waals surface area contributed by atoms with Crippen LogP contribution in [-0.2, 0) is 11.6 Å². The van der Waals surface area contributed by atoms with E-state index in [9.17, 15) is 18.0 Å². The molecule has 0 atom stereocenters. The second-order valence-electron chi connectivity index (χ2n) is 9.66. The molecule has 2 aliphatic rings. The lowest BCUT2D eigenvalue weighted by Gasteiger charge is -2.27. The number of hydrogen-bond donors (Lipinski definition) is 1. The Morgan fingerprint density at radius 2 is 1.85 bits per heavy atom. The fourth-order valence-corrected chi connectivity index (χ4v) is 5.62. The average Bonchev–Trinajstić information content (AvgIpc) is 3.49. The molecule has 5 rings (SSSR count). The van der Waals surface area contributed by atoms with E-state index in [1.165, 1.54) is 0 Å². The maximum Gasteiger partial charge on any atom is 0.420 e. The highest BCUT2D eigenvalue weighted by molar-refractivity contribution is 6.38. The van der Waals surface area contributed by atoms with Crippen LogP contribution in [0.4, 0.5) is 13.2 Å². The minimum Gasteiger partial charge on any atom is -0.449 e. The number of nitrogens with zero attached hydrogens (tertiary/aromatic N) is 2. The SMILES string of the molecule is Cc1nnc(C23CCC(NC(=O)c4oc5c(C(F)(F)F)cc(C(C)C)cc5c4Cl)(CC2)C3)o1. The van der Waals surface area contributed by atoms with Gasteiger partial charge in [-0.05, 0) is 55.7 Å². The summed E-state index contributed by atoms with van der Waals surface area (Å²) in [7, 11) is 0. The van der Waals surface area contributed by atoms with Gasteiger partial charge in [-0.2, -0.15) is 13.2 Å². The van der Waals surface area contributed by atoms with Gasteiger partial charge in [0.25, 0.3) is 5.91 Å². The molecule has 3 aromatic rings. The van der Waals surface area contributed by atoms with Crippen molar-refractivity contribution >= 4 is 28.5 Å². The number of carbonyl (C=O) groups is 1. The molecule has 1 aromatic carbocycles. The molecule has 6 nitrogen and oxygen atoms in total. The van der Waals surface area contributed by atoms with Gasteiger partial charge in [0, 0.05) is 17.8 Å². The Kier molecular flexibility index (Phi) is 4.87. The monoisotopic (exact) mass is 481 g/mol. The van der Waals surface area contributed by atoms with Gasteiger partial charge in [0.05, 0.1) is 16.0 Å². The van der Waals surface area contributed by atoms with Gasteiger partial charge in [0.15, 0.2) is 0 Å². The van der Waals surface area contributed by atoms with Crippen LogP contribution in [-0.4, -0.2) is 21.6 Å². The molecule has 33 heavy (non-hydrogen) atoms. The van der Waals surface area contributed by atoms with E-state index < -0.39 is 28.8 Å². The quantitative estimate of drug-likeness (QED) is 0.472. The molecule has 2 aliphatic carbocycles. The van der Waals surface area contributed by atoms with Crippen LogP contribution in [0.15, 0.2) is 21.0 Å². The molecule has 2 saturated carbocycles. The van der Waals surface area contributed by atoms with E-state index in [-0.39, 0.29) is 27.5 Å². The van der Waals surface area contributed by atoms with Crippen molar-refractivity contribution in [2.24, 2.45) is 0 Å². The Morgan fingerprint density at radius 1 is 1.15 bits per heavy atom. The number of halogens is 4. The van der Waals surface area contributed by atoms with Gasteiger partial charge in [-0.15, -0.1) is 10.2 Å². The molecule has 2 fully saturated rings. The summed E-state index contributed by atoms with van der Waals surface area (Å²) in [4.78, 5) is 13.2. The molecule has 176 valence electrons. The normalized spacial score (nSPS) is 24.8. The number of benzene rings is 1. The first-order chi connectivity index (χ1) is 15.4. The summed E-state index contributed by atoms with van der Waals surface area (Å²) in [5.74, 6) is -0.00841. The van der Waals surface area contributed by atoms with Crippen LogP contribution in [0.3, 0.4) is 0 Å². The number of aryl methyl sites for hydroxylation is 1. The molecule has 1 amide bonds. The zero-order valence-electron chi connectivity index (χ0n) is 18.4. The highest BCUT2D eigenvalue weighted by Crippen LogP contribution is 2.57. The minimum absolute atomic E-state index is 0.0892. The maximum absolute atomic E-state index is 13.7. The number of furan rings is 1. The Hall–Kier alpha value is -2.55. The molecule has 0 unspecified atom stereocenters. The van der Waals surface area contributed by atoms with E-state index in [0.29, 0.717) is 36.6 Å². The fraction of sp³-hybridized carbons (Fsp3) is 0.522. The van der Waals surface area contributed by atoms with Crippen LogP contribution in [0.2, 0.25) is 5.02 Å². The lowest BCUT2D eigenvalue weighted by atomic mass is 9.84. The van der Waals surface area contributed by atoms with Crippen LogP contribution >= 0.6 is 11.6 Å². The largest absolute Gasteiger partial charge is 0.449 e. The van der Waals surface area contributed by atoms with Gasteiger partial charge in [0.2, 0.25) is 17.5 Å². The molecular weight excluding hydrogens is 459 g/mol. The van der Waals surface area contributed by atoms with E-state index in [1.807, 2.05) is 0 Å². The average molecular weight is 482 g/mol. The molecule has 0 aliphatic heterocycles. The molecule has 1 N–H and O–H groups in total. The molecule has 0 saturated heterocycles. The zero-order chi connectivity index (χ0) is 23.8. The summed E-state index contributed by atoms with van der Waals surface area (Å²) in [5, 5.41) is 11.1. The first kappa shape index (κ1) is 22.3. The number of rotatable bonds is 4. The lowest BCUT2D eigenvalue weighted by molar-refractivity contribution is -0.136. The number of aromatic nitrogens is 2. The Morgan fingerprint density at radius 3 is 2.42 bits per heavy atom. The van der Waals surface area contributed by atoms with Crippen molar-refractivity contribution in [3.8, 4) is 0 Å². The zero-order valence-corrected chi connectivity index (χ0v) is 19.2. The maximum atomic E-state index is 13.7. The summed E-state index contributed by atoms with van der Waals surface area (Å²) in [6.45, 7) is 5.31. The predicted octanol–water partition coefficient (Wildman–Crippen LogP) is 6.30. The molecule has 0 radical (unpaired) electrons. The second kappa shape index (κ2) is 7.22. The minimum atomic E-state index is -4.64. The first-order valence-electron chi connectivity index (χ1n) is 10.9. The standard InChI is InChI=1S/C23H23ClF3N3O3/c1-11(2)13-8-14-16(24)18(33-17(14)15(9-13)23(25,26)27)19(31)28-22-6-4-21(10-22,5-7-22)20-30-29-12(3)32-20/h8-9,11H,4-7,10H2,1-3H3,(H,28,31). The van der Waals surface area contributed by atoms with Gasteiger partial charge in [0.1, 0.15) is 5.58 Å². The first-order valence-corrected chi connectivity index (χ1v) is 11.3. The number of carbonyl (C=O) groups excluding carboxylic acids is 1. The highest BCUT2D eigenvalue weighted by atomic mass is 35.5. The summed E-state index contributed by atoms with van der Waals surface area (Å²) >= 11 is 6.41. The van der Waals surface area contributed by atoms with Crippen LogP contribution < -0.4 is 5.32 Å². The van der Waals surface area contributed by atoms with Crippen molar-refractivity contribution in [2.75, 3.05) is 0 Å². The summed E-state index contributed by atoms with van der Waals surface area (Å²) < 4.78 is 52.4. The van der Waals surface area contributed by atoms with Crippen LogP contribution in [0, 0.1) is 6.92 Å². The Bertz CT molecular complexity index is 1250. The summed E-state index contributed by atoms with van der Waals surface area (Å²) in [6.07, 6.45) is -1.07. The van der Waals surface area contributed by atoms with Gasteiger partial charge in [-0.25, -0.2) is 0 Å². The lowest BCUT2D eigenvalue weighted by Crippen LogP contribution is -2.45. The van der Waals surface area contributed by atoms with E-state index >= 15 is 0 Å². The van der Waals surface area contributed by atoms with Gasteiger partial charge >= 0.3 is 6.18 Å². The summed E-state index contributed by atoms with van der Waals surface area (Å²) in [6, 6.07) is 2.62. The molecule has 2 aromatic heterocycles. The van der Waals surface area contributed by atoms with Gasteiger partial charge in [-0.3, -0.25) is 4.79 Å². The third kappa shape index (κ3) is 3.52. The van der Waals surface area contributed by atoms with Crippen molar-refractivity contribution < 1.29 is 26.8 Å². The van der Waals surface area contributed by atoms with Crippen molar-refractivity contribution in [3.05, 3.63) is 45.8 Å². The molecule has 2 heterocycles. The third-order valence-corrected chi connectivity index (χ3v) is 7.50. The summed E-state index contributed by atoms with van der Waals surface area (Å²) in [5.41, 5.74) is -1.70. The third-order valence-electron chi connectivity index (χ3n) is 7.13. The van der Waals surface area contributed by atoms with E-state index in [0.717, 1.165) is 18.9 Å². The molecular formula is C23H23ClF3N3O3. The van der Waals surface area contributed by atoms with Gasteiger partial charge in [-0.1, -0.05) is 25.4 Å². The second-order valence-corrected chi connectivity index (χ2v) is 10.0. The van der Waals surface area contributed by atoms with Crippen molar-refractivity contribution in [1.29, 1.82) is 0 Å². The van der Waals surface area contributed by atoms with Crippen molar-refractivity contribution in [3.63, 3.8) is 0 Å². The fourth-order valence-electron chi connectivity index (χ4n) is 5.36. The van der Waals surface area contributed by atoms with Crippen LogP contribution in [0.5, 0.6) is 0 Å². The van der Waals surface area contributed by atoms with Crippen LogP contribution in [0.25, 0.3) is 11.0 Å². The number of hydrogen-bond acceptors (Lipinski definition) is 5. The van der Waals surface area contributed by atoms with E-state index in [4.69, 9.17) is 20.4 Å². The van der Waals surface area contributed by atoms with Crippen molar-refractivity contribution in [2.45, 2.75) is 75.9 Å². The number of fused-ring (bicyclic) bond motifs is 3. The highest BCUT2D eigenvalue weighted by Gasteiger charge is 2.58. The van der Waals surface area contributed by atoms with Crippen molar-refractivity contribution in [1.82, 2.24) is 15.5 Å². The molecule has 10 heteroatoms. The van der Waals surface area contributed by atoms with E-state index in [1.54, 1.807) is 26.8 Å². The Labute approximate surface area is 192 Å². The number of amides is 1. The number of nitrogens with one attached hydrogen (secondary N) is 1. The topological polar surface area (TPSA) is 81.2 Å². The number of alkyl halides is 3.